The van der Waals surface area contributed by atoms with Crippen LogP contribution in [0.5, 0.6) is 5.88 Å². The summed E-state index contributed by atoms with van der Waals surface area (Å²) in [7, 11) is 1.61. The van der Waals surface area contributed by atoms with Gasteiger partial charge in [0.15, 0.2) is 5.69 Å². The second kappa shape index (κ2) is 9.40. The van der Waals surface area contributed by atoms with Crippen molar-refractivity contribution in [3.05, 3.63) is 70.3 Å². The third-order valence-corrected chi connectivity index (χ3v) is 4.61. The third-order valence-electron chi connectivity index (χ3n) is 4.04. The van der Waals surface area contributed by atoms with Crippen LogP contribution in [0.2, 0.25) is 10.0 Å². The fourth-order valence-corrected chi connectivity index (χ4v) is 2.93. The summed E-state index contributed by atoms with van der Waals surface area (Å²) in [5.41, 5.74) is -0.00473. The van der Waals surface area contributed by atoms with Gasteiger partial charge in [0.2, 0.25) is 5.88 Å². The summed E-state index contributed by atoms with van der Waals surface area (Å²) >= 11 is 12.0. The lowest BCUT2D eigenvalue weighted by Crippen LogP contribution is -2.16. The van der Waals surface area contributed by atoms with Crippen LogP contribution in [0.1, 0.15) is 12.1 Å². The Balaban J connectivity index is 1.74. The Labute approximate surface area is 181 Å². The number of para-hydroxylation sites is 1. The molecule has 1 N–H and O–H groups in total. The maximum Gasteiger partial charge on any atom is 0.435 e. The van der Waals surface area contributed by atoms with Gasteiger partial charge < -0.3 is 10.1 Å². The summed E-state index contributed by atoms with van der Waals surface area (Å²) in [6.45, 7) is 0.0701. The second-order valence-electron chi connectivity index (χ2n) is 6.13. The number of hydrogen-bond donors (Lipinski definition) is 1. The largest absolute Gasteiger partial charge is 0.477 e. The number of halogens is 5. The number of aliphatic imine (C=N–C) groups is 1. The first-order valence-electron chi connectivity index (χ1n) is 8.81. The molecule has 0 saturated carbocycles. The fourth-order valence-electron chi connectivity index (χ4n) is 2.58. The van der Waals surface area contributed by atoms with Crippen molar-refractivity contribution >= 4 is 34.7 Å². The molecule has 3 rings (SSSR count). The van der Waals surface area contributed by atoms with Gasteiger partial charge in [-0.05, 0) is 36.4 Å². The molecule has 0 amide bonds. The summed E-state index contributed by atoms with van der Waals surface area (Å²) in [4.78, 5) is 4.15. The molecular weight excluding hydrogens is 440 g/mol. The monoisotopic (exact) mass is 456 g/mol. The van der Waals surface area contributed by atoms with Crippen LogP contribution < -0.4 is 10.1 Å². The van der Waals surface area contributed by atoms with Crippen molar-refractivity contribution in [2.75, 3.05) is 19.0 Å². The predicted molar refractivity (Wildman–Crippen MR) is 112 cm³/mol. The van der Waals surface area contributed by atoms with E-state index in [2.05, 4.69) is 15.4 Å². The Kier molecular flexibility index (Phi) is 6.89. The summed E-state index contributed by atoms with van der Waals surface area (Å²) in [5.74, 6) is 0.523. The molecule has 0 aliphatic heterocycles. The van der Waals surface area contributed by atoms with Gasteiger partial charge in [0.05, 0.1) is 17.3 Å². The van der Waals surface area contributed by atoms with Crippen molar-refractivity contribution in [2.24, 2.45) is 4.99 Å². The van der Waals surface area contributed by atoms with Crippen molar-refractivity contribution in [3.8, 4) is 11.6 Å². The van der Waals surface area contributed by atoms with Gasteiger partial charge >= 0.3 is 6.18 Å². The van der Waals surface area contributed by atoms with E-state index >= 15 is 0 Å². The smallest absolute Gasteiger partial charge is 0.435 e. The molecule has 3 aromatic rings. The molecule has 0 saturated heterocycles. The van der Waals surface area contributed by atoms with Crippen LogP contribution in [-0.2, 0) is 6.18 Å². The van der Waals surface area contributed by atoms with Gasteiger partial charge in [-0.25, -0.2) is 0 Å². The topological polar surface area (TPSA) is 51.4 Å². The van der Waals surface area contributed by atoms with Gasteiger partial charge in [-0.15, -0.1) is 0 Å². The first kappa shape index (κ1) is 22.0. The normalized spacial score (nSPS) is 12.1. The van der Waals surface area contributed by atoms with Gasteiger partial charge in [0.1, 0.15) is 5.84 Å². The standard InChI is InChI=1S/C20H17Cl2F3N4O/c1-26-18(27-14-8-6-13(21)7-9-14)10-11-30-19-12-17(20(23,24)25)28-29(19)16-5-3-2-4-15(16)22/h2-9,12H,10-11H2,1H3,(H,26,27). The number of anilines is 1. The van der Waals surface area contributed by atoms with Crippen molar-refractivity contribution < 1.29 is 17.9 Å². The summed E-state index contributed by atoms with van der Waals surface area (Å²) in [5, 5.41) is 7.60. The quantitative estimate of drug-likeness (QED) is 0.359. The van der Waals surface area contributed by atoms with Crippen molar-refractivity contribution in [2.45, 2.75) is 12.6 Å². The minimum Gasteiger partial charge on any atom is -0.477 e. The highest BCUT2D eigenvalue weighted by atomic mass is 35.5. The molecule has 0 aliphatic rings. The Morgan fingerprint density at radius 1 is 1.13 bits per heavy atom. The summed E-state index contributed by atoms with van der Waals surface area (Å²) < 4.78 is 46.2. The Morgan fingerprint density at radius 2 is 1.83 bits per heavy atom. The highest BCUT2D eigenvalue weighted by molar-refractivity contribution is 6.32. The molecule has 0 unspecified atom stereocenters. The van der Waals surface area contributed by atoms with E-state index in [4.69, 9.17) is 27.9 Å². The van der Waals surface area contributed by atoms with Crippen LogP contribution in [0.15, 0.2) is 59.6 Å². The first-order valence-corrected chi connectivity index (χ1v) is 9.56. The molecule has 30 heavy (non-hydrogen) atoms. The molecule has 1 aromatic heterocycles. The molecule has 2 aromatic carbocycles. The average molecular weight is 457 g/mol. The number of nitrogens with one attached hydrogen (secondary N) is 1. The fraction of sp³-hybridized carbons (Fsp3) is 0.200. The molecule has 10 heteroatoms. The summed E-state index contributed by atoms with van der Waals surface area (Å²) in [6, 6.07) is 14.3. The lowest BCUT2D eigenvalue weighted by Gasteiger charge is -2.12. The van der Waals surface area contributed by atoms with Crippen LogP contribution in [0, 0.1) is 0 Å². The highest BCUT2D eigenvalue weighted by Crippen LogP contribution is 2.33. The number of alkyl halides is 3. The second-order valence-corrected chi connectivity index (χ2v) is 6.97. The lowest BCUT2D eigenvalue weighted by molar-refractivity contribution is -0.141. The predicted octanol–water partition coefficient (Wildman–Crippen LogP) is 6.11. The van der Waals surface area contributed by atoms with Crippen LogP contribution in [-0.4, -0.2) is 29.3 Å². The van der Waals surface area contributed by atoms with E-state index in [-0.39, 0.29) is 23.2 Å². The molecular formula is C20H17Cl2F3N4O. The number of benzene rings is 2. The molecule has 0 spiro atoms. The Morgan fingerprint density at radius 3 is 2.47 bits per heavy atom. The molecule has 0 radical (unpaired) electrons. The van der Waals surface area contributed by atoms with Crippen LogP contribution in [0.3, 0.4) is 0 Å². The van der Waals surface area contributed by atoms with E-state index in [1.165, 1.54) is 0 Å². The number of rotatable bonds is 6. The first-order chi connectivity index (χ1) is 14.3. The van der Waals surface area contributed by atoms with E-state index in [0.29, 0.717) is 17.3 Å². The zero-order chi connectivity index (χ0) is 21.7. The number of amidine groups is 1. The minimum absolute atomic E-state index is 0.0701. The van der Waals surface area contributed by atoms with E-state index < -0.39 is 11.9 Å². The SMILES string of the molecule is CN=C(CCOc1cc(C(F)(F)F)nn1-c1ccccc1Cl)Nc1ccc(Cl)cc1. The van der Waals surface area contributed by atoms with Gasteiger partial charge in [-0.3, -0.25) is 4.99 Å². The minimum atomic E-state index is -4.61. The van der Waals surface area contributed by atoms with Crippen molar-refractivity contribution in [1.29, 1.82) is 0 Å². The van der Waals surface area contributed by atoms with Crippen LogP contribution in [0.4, 0.5) is 18.9 Å². The molecule has 0 aliphatic carbocycles. The Hall–Kier alpha value is -2.71. The van der Waals surface area contributed by atoms with E-state index in [1.54, 1.807) is 55.6 Å². The highest BCUT2D eigenvalue weighted by Gasteiger charge is 2.35. The van der Waals surface area contributed by atoms with Crippen molar-refractivity contribution in [1.82, 2.24) is 9.78 Å². The lowest BCUT2D eigenvalue weighted by atomic mass is 10.3. The van der Waals surface area contributed by atoms with Crippen LogP contribution in [0.25, 0.3) is 5.69 Å². The Bertz CT molecular complexity index is 1030. The molecule has 158 valence electrons. The van der Waals surface area contributed by atoms with Gasteiger partial charge in [0.25, 0.3) is 0 Å². The van der Waals surface area contributed by atoms with Crippen molar-refractivity contribution in [3.63, 3.8) is 0 Å². The molecule has 0 bridgehead atoms. The van der Waals surface area contributed by atoms with Gasteiger partial charge in [0, 0.05) is 30.2 Å². The van der Waals surface area contributed by atoms with Gasteiger partial charge in [-0.2, -0.15) is 23.0 Å². The van der Waals surface area contributed by atoms with E-state index in [9.17, 15) is 13.2 Å². The number of hydrogen-bond acceptors (Lipinski definition) is 3. The summed E-state index contributed by atoms with van der Waals surface area (Å²) in [6.07, 6.45) is -4.29. The molecule has 0 atom stereocenters. The average Bonchev–Trinajstić information content (AvgIpc) is 3.13. The maximum absolute atomic E-state index is 13.2. The maximum atomic E-state index is 13.2. The molecule has 0 fully saturated rings. The third kappa shape index (κ3) is 5.46. The number of ether oxygens (including phenoxy) is 1. The van der Waals surface area contributed by atoms with E-state index in [0.717, 1.165) is 16.4 Å². The zero-order valence-electron chi connectivity index (χ0n) is 15.8. The van der Waals surface area contributed by atoms with Crippen LogP contribution >= 0.6 is 23.2 Å². The molecule has 5 nitrogen and oxygen atoms in total. The molecule has 1 heterocycles. The van der Waals surface area contributed by atoms with Gasteiger partial charge in [-0.1, -0.05) is 35.3 Å². The number of nitrogens with zero attached hydrogens (tertiary/aromatic N) is 3. The number of aromatic nitrogens is 2. The zero-order valence-corrected chi connectivity index (χ0v) is 17.3. The van der Waals surface area contributed by atoms with E-state index in [1.807, 2.05) is 0 Å².